The molecule has 2 aromatic carbocycles. The molecular weight excluding hydrogens is 250 g/mol. The minimum atomic E-state index is -0.412. The first-order valence-corrected chi connectivity index (χ1v) is 5.51. The second-order valence-electron chi connectivity index (χ2n) is 3.70. The Kier molecular flexibility index (Phi) is 4.86. The molecule has 0 N–H and O–H groups in total. The third-order valence-electron chi connectivity index (χ3n) is 2.48. The van der Waals surface area contributed by atoms with Crippen LogP contribution in [0.15, 0.2) is 48.5 Å². The van der Waals surface area contributed by atoms with Crippen molar-refractivity contribution in [2.45, 2.75) is 13.8 Å². The first-order chi connectivity index (χ1) is 8.16. The predicted molar refractivity (Wildman–Crippen MR) is 74.1 cm³/mol. The monoisotopic (exact) mass is 263 g/mol. The molecule has 0 radical (unpaired) electrons. The Balaban J connectivity index is 0.00000162. The number of nitro benzene ring substituents is 1. The van der Waals surface area contributed by atoms with Crippen LogP contribution in [0.1, 0.15) is 18.6 Å². The summed E-state index contributed by atoms with van der Waals surface area (Å²) in [5, 5.41) is 11.2. The van der Waals surface area contributed by atoms with Crippen LogP contribution in [0, 0.1) is 10.1 Å². The van der Waals surface area contributed by atoms with Crippen LogP contribution in [0.25, 0.3) is 0 Å². The highest BCUT2D eigenvalue weighted by Gasteiger charge is 2.09. The average Bonchev–Trinajstić information content (AvgIpc) is 2.33. The summed E-state index contributed by atoms with van der Waals surface area (Å²) in [5.74, 6) is 0. The molecule has 18 heavy (non-hydrogen) atoms. The normalized spacial score (nSPS) is 9.61. The highest BCUT2D eigenvalue weighted by molar-refractivity contribution is 6.31. The Labute approximate surface area is 111 Å². The van der Waals surface area contributed by atoms with Crippen molar-refractivity contribution in [1.82, 2.24) is 0 Å². The van der Waals surface area contributed by atoms with E-state index in [0.29, 0.717) is 11.4 Å². The van der Waals surface area contributed by atoms with Gasteiger partial charge in [-0.05, 0) is 23.6 Å². The summed E-state index contributed by atoms with van der Waals surface area (Å²) in [7, 11) is 0. The molecule has 0 amide bonds. The number of hydrogen-bond donors (Lipinski definition) is 0. The zero-order valence-electron chi connectivity index (χ0n) is 8.97. The van der Waals surface area contributed by atoms with E-state index in [1.165, 1.54) is 12.1 Å². The van der Waals surface area contributed by atoms with Gasteiger partial charge in [-0.2, -0.15) is 0 Å². The van der Waals surface area contributed by atoms with E-state index in [-0.39, 0.29) is 13.1 Å². The van der Waals surface area contributed by atoms with Gasteiger partial charge in [0.05, 0.1) is 4.92 Å². The molecule has 0 aromatic heterocycles. The molecule has 0 aliphatic carbocycles. The van der Waals surface area contributed by atoms with Gasteiger partial charge in [-0.15, -0.1) is 0 Å². The Morgan fingerprint density at radius 3 is 2.39 bits per heavy atom. The van der Waals surface area contributed by atoms with Gasteiger partial charge in [-0.3, -0.25) is 10.1 Å². The van der Waals surface area contributed by atoms with Crippen molar-refractivity contribution in [3.8, 4) is 0 Å². The molecule has 0 aliphatic rings. The predicted octanol–water partition coefficient (Wildman–Crippen LogP) is 4.48. The van der Waals surface area contributed by atoms with E-state index in [4.69, 9.17) is 11.6 Å². The summed E-state index contributed by atoms with van der Waals surface area (Å²) in [6.45, 7) is 0. The topological polar surface area (TPSA) is 43.1 Å². The zero-order valence-corrected chi connectivity index (χ0v) is 9.72. The van der Waals surface area contributed by atoms with Crippen molar-refractivity contribution in [3.05, 3.63) is 74.8 Å². The van der Waals surface area contributed by atoms with Crippen LogP contribution in [0.4, 0.5) is 5.69 Å². The maximum absolute atomic E-state index is 10.7. The standard InChI is InChI=1S/C13H10ClNO2.CH4/c14-13-7-6-12(15(16)17)9-11(13)8-10-4-2-1-3-5-10;/h1-7,9H,8H2;1H4. The number of benzene rings is 2. The van der Waals surface area contributed by atoms with Crippen LogP contribution in [0.5, 0.6) is 0 Å². The minimum Gasteiger partial charge on any atom is -0.258 e. The van der Waals surface area contributed by atoms with E-state index in [1.807, 2.05) is 30.3 Å². The average molecular weight is 264 g/mol. The minimum absolute atomic E-state index is 0. The smallest absolute Gasteiger partial charge is 0.258 e. The number of hydrogen-bond acceptors (Lipinski definition) is 2. The fourth-order valence-electron chi connectivity index (χ4n) is 1.63. The van der Waals surface area contributed by atoms with Gasteiger partial charge in [0, 0.05) is 17.2 Å². The number of rotatable bonds is 3. The molecule has 0 fully saturated rings. The van der Waals surface area contributed by atoms with E-state index in [2.05, 4.69) is 0 Å². The van der Waals surface area contributed by atoms with Gasteiger partial charge in [0.15, 0.2) is 0 Å². The lowest BCUT2D eigenvalue weighted by Gasteiger charge is -2.04. The molecule has 0 unspecified atom stereocenters. The second-order valence-corrected chi connectivity index (χ2v) is 4.10. The van der Waals surface area contributed by atoms with Crippen molar-refractivity contribution < 1.29 is 4.92 Å². The SMILES string of the molecule is C.O=[N+]([O-])c1ccc(Cl)c(Cc2ccccc2)c1. The van der Waals surface area contributed by atoms with Gasteiger partial charge in [-0.25, -0.2) is 0 Å². The van der Waals surface area contributed by atoms with E-state index in [9.17, 15) is 10.1 Å². The Hall–Kier alpha value is -1.87. The Morgan fingerprint density at radius 1 is 1.11 bits per heavy atom. The fourth-order valence-corrected chi connectivity index (χ4v) is 1.81. The van der Waals surface area contributed by atoms with Gasteiger partial charge in [0.2, 0.25) is 0 Å². The fraction of sp³-hybridized carbons (Fsp3) is 0.143. The molecule has 94 valence electrons. The first-order valence-electron chi connectivity index (χ1n) is 5.13. The van der Waals surface area contributed by atoms with Crippen LogP contribution in [-0.4, -0.2) is 4.92 Å². The number of nitrogens with zero attached hydrogens (tertiary/aromatic N) is 1. The molecule has 0 bridgehead atoms. The first kappa shape index (κ1) is 14.2. The molecule has 0 heterocycles. The molecule has 0 saturated heterocycles. The summed E-state index contributed by atoms with van der Waals surface area (Å²) in [6.07, 6.45) is 0.599. The van der Waals surface area contributed by atoms with Crippen LogP contribution < -0.4 is 0 Å². The number of halogens is 1. The van der Waals surface area contributed by atoms with Crippen molar-refractivity contribution in [2.24, 2.45) is 0 Å². The lowest BCUT2D eigenvalue weighted by Crippen LogP contribution is -1.93. The molecule has 0 aliphatic heterocycles. The second kappa shape index (κ2) is 6.17. The summed E-state index contributed by atoms with van der Waals surface area (Å²) in [6, 6.07) is 14.2. The highest BCUT2D eigenvalue weighted by Crippen LogP contribution is 2.24. The summed E-state index contributed by atoms with van der Waals surface area (Å²) >= 11 is 6.03. The molecule has 4 heteroatoms. The third kappa shape index (κ3) is 3.31. The number of non-ortho nitro benzene ring substituents is 1. The Bertz CT molecular complexity index is 541. The maximum Gasteiger partial charge on any atom is 0.269 e. The molecule has 2 aromatic rings. The lowest BCUT2D eigenvalue weighted by atomic mass is 10.0. The van der Waals surface area contributed by atoms with E-state index in [1.54, 1.807) is 6.07 Å². The molecule has 0 atom stereocenters. The third-order valence-corrected chi connectivity index (χ3v) is 2.85. The maximum atomic E-state index is 10.7. The van der Waals surface area contributed by atoms with Gasteiger partial charge >= 0.3 is 0 Å². The summed E-state index contributed by atoms with van der Waals surface area (Å²) in [4.78, 5) is 10.3. The molecule has 3 nitrogen and oxygen atoms in total. The summed E-state index contributed by atoms with van der Waals surface area (Å²) in [5.41, 5.74) is 1.92. The summed E-state index contributed by atoms with van der Waals surface area (Å²) < 4.78 is 0. The van der Waals surface area contributed by atoms with Gasteiger partial charge < -0.3 is 0 Å². The zero-order chi connectivity index (χ0) is 12.3. The quantitative estimate of drug-likeness (QED) is 0.605. The van der Waals surface area contributed by atoms with Crippen molar-refractivity contribution in [2.75, 3.05) is 0 Å². The largest absolute Gasteiger partial charge is 0.269 e. The van der Waals surface area contributed by atoms with Crippen LogP contribution >= 0.6 is 11.6 Å². The molecule has 0 spiro atoms. The lowest BCUT2D eigenvalue weighted by molar-refractivity contribution is -0.384. The van der Waals surface area contributed by atoms with Crippen molar-refractivity contribution in [3.63, 3.8) is 0 Å². The van der Waals surface area contributed by atoms with E-state index >= 15 is 0 Å². The van der Waals surface area contributed by atoms with Gasteiger partial charge in [0.25, 0.3) is 5.69 Å². The van der Waals surface area contributed by atoms with Crippen molar-refractivity contribution in [1.29, 1.82) is 0 Å². The Morgan fingerprint density at radius 2 is 1.78 bits per heavy atom. The van der Waals surface area contributed by atoms with E-state index < -0.39 is 4.92 Å². The number of nitro groups is 1. The van der Waals surface area contributed by atoms with Crippen LogP contribution in [-0.2, 0) is 6.42 Å². The van der Waals surface area contributed by atoms with Crippen LogP contribution in [0.2, 0.25) is 5.02 Å². The molecule has 0 saturated carbocycles. The van der Waals surface area contributed by atoms with Gasteiger partial charge in [-0.1, -0.05) is 49.4 Å². The van der Waals surface area contributed by atoms with Crippen LogP contribution in [0.3, 0.4) is 0 Å². The molecule has 2 rings (SSSR count). The van der Waals surface area contributed by atoms with E-state index in [0.717, 1.165) is 11.1 Å². The molecular formula is C14H14ClNO2. The van der Waals surface area contributed by atoms with Gasteiger partial charge in [0.1, 0.15) is 0 Å². The van der Waals surface area contributed by atoms with Crippen molar-refractivity contribution >= 4 is 17.3 Å². The highest BCUT2D eigenvalue weighted by atomic mass is 35.5.